The van der Waals surface area contributed by atoms with Crippen molar-refractivity contribution in [1.82, 2.24) is 4.90 Å². The van der Waals surface area contributed by atoms with Crippen molar-refractivity contribution in [2.24, 2.45) is 0 Å². The summed E-state index contributed by atoms with van der Waals surface area (Å²) in [6.07, 6.45) is 4.49. The van der Waals surface area contributed by atoms with Gasteiger partial charge in [-0.05, 0) is 37.1 Å². The molecular formula is C16H20ClNO3. The van der Waals surface area contributed by atoms with Crippen LogP contribution in [-0.4, -0.2) is 36.5 Å². The molecule has 0 unspecified atom stereocenters. The Morgan fingerprint density at radius 3 is 2.43 bits per heavy atom. The largest absolute Gasteiger partial charge is 0.469 e. The number of esters is 1. The minimum Gasteiger partial charge on any atom is -0.469 e. The summed E-state index contributed by atoms with van der Waals surface area (Å²) in [7, 11) is 1.36. The zero-order chi connectivity index (χ0) is 15.2. The zero-order valence-corrected chi connectivity index (χ0v) is 12.9. The highest BCUT2D eigenvalue weighted by Gasteiger charge is 2.27. The molecule has 1 aliphatic carbocycles. The van der Waals surface area contributed by atoms with Crippen molar-refractivity contribution < 1.29 is 14.3 Å². The van der Waals surface area contributed by atoms with Crippen LogP contribution in [0.2, 0.25) is 5.02 Å². The van der Waals surface area contributed by atoms with Crippen LogP contribution in [0.3, 0.4) is 0 Å². The number of hydrogen-bond acceptors (Lipinski definition) is 3. The number of amides is 1. The molecule has 1 saturated carbocycles. The minimum absolute atomic E-state index is 0.0394. The van der Waals surface area contributed by atoms with E-state index in [0.29, 0.717) is 17.1 Å². The van der Waals surface area contributed by atoms with Crippen LogP contribution in [0.15, 0.2) is 24.3 Å². The Balaban J connectivity index is 2.11. The molecule has 0 aliphatic heterocycles. The molecule has 114 valence electrons. The quantitative estimate of drug-likeness (QED) is 0.784. The third-order valence-corrected chi connectivity index (χ3v) is 4.15. The van der Waals surface area contributed by atoms with E-state index in [9.17, 15) is 9.59 Å². The van der Waals surface area contributed by atoms with Crippen molar-refractivity contribution in [3.63, 3.8) is 0 Å². The van der Waals surface area contributed by atoms with E-state index in [1.807, 2.05) is 4.90 Å². The van der Waals surface area contributed by atoms with Crippen LogP contribution in [-0.2, 0) is 9.53 Å². The lowest BCUT2D eigenvalue weighted by Gasteiger charge is -2.29. The summed E-state index contributed by atoms with van der Waals surface area (Å²) < 4.78 is 4.67. The molecule has 0 N–H and O–H groups in total. The number of carbonyl (C=O) groups excluding carboxylic acids is 2. The minimum atomic E-state index is -0.290. The van der Waals surface area contributed by atoms with Crippen LogP contribution in [0, 0.1) is 0 Å². The molecule has 0 atom stereocenters. The molecule has 5 heteroatoms. The number of methoxy groups -OCH3 is 1. The number of ether oxygens (including phenoxy) is 1. The lowest BCUT2D eigenvalue weighted by atomic mass is 10.1. The van der Waals surface area contributed by atoms with E-state index in [0.717, 1.165) is 25.7 Å². The maximum Gasteiger partial charge on any atom is 0.307 e. The number of nitrogens with zero attached hydrogens (tertiary/aromatic N) is 1. The van der Waals surface area contributed by atoms with Gasteiger partial charge in [0, 0.05) is 23.2 Å². The van der Waals surface area contributed by atoms with Gasteiger partial charge in [-0.15, -0.1) is 0 Å². The molecule has 0 aromatic heterocycles. The highest BCUT2D eigenvalue weighted by atomic mass is 35.5. The van der Waals surface area contributed by atoms with Crippen molar-refractivity contribution in [3.05, 3.63) is 34.9 Å². The van der Waals surface area contributed by atoms with Gasteiger partial charge in [-0.3, -0.25) is 9.59 Å². The van der Waals surface area contributed by atoms with Gasteiger partial charge in [0.15, 0.2) is 0 Å². The summed E-state index contributed by atoms with van der Waals surface area (Å²) >= 11 is 5.86. The summed E-state index contributed by atoms with van der Waals surface area (Å²) in [6.45, 7) is 0.402. The maximum atomic E-state index is 12.7. The van der Waals surface area contributed by atoms with E-state index in [1.54, 1.807) is 24.3 Å². The molecule has 4 nitrogen and oxygen atoms in total. The predicted octanol–water partition coefficient (Wildman–Crippen LogP) is 3.29. The second-order valence-corrected chi connectivity index (χ2v) is 5.71. The standard InChI is InChI=1S/C16H20ClNO3/c1-21-15(19)10-11-18(14-4-2-3-5-14)16(20)12-6-8-13(17)9-7-12/h6-9,14H,2-5,10-11H2,1H3. The van der Waals surface area contributed by atoms with Gasteiger partial charge in [0.05, 0.1) is 13.5 Å². The summed E-state index contributed by atoms with van der Waals surface area (Å²) in [5.41, 5.74) is 0.608. The molecule has 0 radical (unpaired) electrons. The third kappa shape index (κ3) is 4.21. The molecule has 21 heavy (non-hydrogen) atoms. The van der Waals surface area contributed by atoms with Crippen LogP contribution < -0.4 is 0 Å². The van der Waals surface area contributed by atoms with Crippen molar-refractivity contribution >= 4 is 23.5 Å². The molecule has 2 rings (SSSR count). The Kier molecular flexibility index (Phi) is 5.62. The normalized spacial score (nSPS) is 15.0. The SMILES string of the molecule is COC(=O)CCN(C(=O)c1ccc(Cl)cc1)C1CCCC1. The smallest absolute Gasteiger partial charge is 0.307 e. The molecular weight excluding hydrogens is 290 g/mol. The second kappa shape index (κ2) is 7.46. The summed E-state index contributed by atoms with van der Waals surface area (Å²) in [6, 6.07) is 7.09. The first-order valence-corrected chi connectivity index (χ1v) is 7.63. The predicted molar refractivity (Wildman–Crippen MR) is 81.4 cm³/mol. The Morgan fingerprint density at radius 2 is 1.86 bits per heavy atom. The Labute approximate surface area is 130 Å². The van der Waals surface area contributed by atoms with Gasteiger partial charge in [-0.25, -0.2) is 0 Å². The van der Waals surface area contributed by atoms with Crippen LogP contribution in [0.25, 0.3) is 0 Å². The Hall–Kier alpha value is -1.55. The summed E-state index contributed by atoms with van der Waals surface area (Å²) in [5, 5.41) is 0.605. The van der Waals surface area contributed by atoms with Crippen LogP contribution in [0.4, 0.5) is 0 Å². The van der Waals surface area contributed by atoms with Gasteiger partial charge >= 0.3 is 5.97 Å². The van der Waals surface area contributed by atoms with Crippen LogP contribution in [0.5, 0.6) is 0 Å². The molecule has 0 saturated heterocycles. The monoisotopic (exact) mass is 309 g/mol. The van der Waals surface area contributed by atoms with Crippen molar-refractivity contribution in [1.29, 1.82) is 0 Å². The van der Waals surface area contributed by atoms with E-state index in [1.165, 1.54) is 7.11 Å². The number of carbonyl (C=O) groups is 2. The molecule has 0 heterocycles. The average Bonchev–Trinajstić information content (AvgIpc) is 3.01. The van der Waals surface area contributed by atoms with Crippen molar-refractivity contribution in [3.8, 4) is 0 Å². The van der Waals surface area contributed by atoms with Gasteiger partial charge in [0.2, 0.25) is 0 Å². The van der Waals surface area contributed by atoms with Crippen LogP contribution >= 0.6 is 11.6 Å². The van der Waals surface area contributed by atoms with E-state index < -0.39 is 0 Å². The fraction of sp³-hybridized carbons (Fsp3) is 0.500. The Bertz CT molecular complexity index is 495. The number of halogens is 1. The van der Waals surface area contributed by atoms with Crippen molar-refractivity contribution in [2.75, 3.05) is 13.7 Å². The number of hydrogen-bond donors (Lipinski definition) is 0. The number of rotatable bonds is 5. The number of benzene rings is 1. The van der Waals surface area contributed by atoms with E-state index in [-0.39, 0.29) is 24.3 Å². The highest BCUT2D eigenvalue weighted by molar-refractivity contribution is 6.30. The molecule has 1 aliphatic rings. The second-order valence-electron chi connectivity index (χ2n) is 5.27. The first kappa shape index (κ1) is 15.8. The van der Waals surface area contributed by atoms with Gasteiger partial charge in [-0.1, -0.05) is 24.4 Å². The summed E-state index contributed by atoms with van der Waals surface area (Å²) in [4.78, 5) is 25.8. The lowest BCUT2D eigenvalue weighted by molar-refractivity contribution is -0.140. The molecule has 1 amide bonds. The highest BCUT2D eigenvalue weighted by Crippen LogP contribution is 2.25. The van der Waals surface area contributed by atoms with E-state index in [2.05, 4.69) is 4.74 Å². The topological polar surface area (TPSA) is 46.6 Å². The zero-order valence-electron chi connectivity index (χ0n) is 12.2. The van der Waals surface area contributed by atoms with Gasteiger partial charge in [-0.2, -0.15) is 0 Å². The van der Waals surface area contributed by atoms with Crippen molar-refractivity contribution in [2.45, 2.75) is 38.1 Å². The first-order chi connectivity index (χ1) is 10.1. The van der Waals surface area contributed by atoms with Gasteiger partial charge in [0.25, 0.3) is 5.91 Å². The molecule has 1 fully saturated rings. The summed E-state index contributed by atoms with van der Waals surface area (Å²) in [5.74, 6) is -0.329. The van der Waals surface area contributed by atoms with E-state index in [4.69, 9.17) is 11.6 Å². The lowest BCUT2D eigenvalue weighted by Crippen LogP contribution is -2.40. The third-order valence-electron chi connectivity index (χ3n) is 3.90. The molecule has 1 aromatic carbocycles. The molecule has 0 spiro atoms. The molecule has 0 bridgehead atoms. The average molecular weight is 310 g/mol. The fourth-order valence-electron chi connectivity index (χ4n) is 2.74. The maximum absolute atomic E-state index is 12.7. The first-order valence-electron chi connectivity index (χ1n) is 7.25. The van der Waals surface area contributed by atoms with Crippen LogP contribution in [0.1, 0.15) is 42.5 Å². The fourth-order valence-corrected chi connectivity index (χ4v) is 2.86. The van der Waals surface area contributed by atoms with Gasteiger partial charge < -0.3 is 9.64 Å². The Morgan fingerprint density at radius 1 is 1.24 bits per heavy atom. The van der Waals surface area contributed by atoms with E-state index >= 15 is 0 Å². The molecule has 1 aromatic rings. The van der Waals surface area contributed by atoms with Gasteiger partial charge in [0.1, 0.15) is 0 Å².